The molecule has 1 aromatic carbocycles. The summed E-state index contributed by atoms with van der Waals surface area (Å²) in [6, 6.07) is 5.73. The second-order valence-corrected chi connectivity index (χ2v) is 6.32. The minimum Gasteiger partial charge on any atom is -0.393 e. The highest BCUT2D eigenvalue weighted by Crippen LogP contribution is 2.26. The predicted molar refractivity (Wildman–Crippen MR) is 84.5 cm³/mol. The van der Waals surface area contributed by atoms with E-state index in [-0.39, 0.29) is 12.1 Å². The Morgan fingerprint density at radius 1 is 1.37 bits per heavy atom. The molecule has 0 aliphatic carbocycles. The number of nitrogens with two attached hydrogens (primary N) is 1. The summed E-state index contributed by atoms with van der Waals surface area (Å²) >= 11 is 9.57. The molecule has 0 amide bonds. The van der Waals surface area contributed by atoms with E-state index in [2.05, 4.69) is 20.8 Å². The Kier molecular flexibility index (Phi) is 7.32. The number of benzene rings is 1. The zero-order valence-electron chi connectivity index (χ0n) is 11.4. The van der Waals surface area contributed by atoms with Gasteiger partial charge in [0.1, 0.15) is 0 Å². The third kappa shape index (κ3) is 6.23. The zero-order valence-corrected chi connectivity index (χ0v) is 13.8. The molecular weight excluding hydrogens is 328 g/mol. The van der Waals surface area contributed by atoms with E-state index in [1.807, 2.05) is 25.2 Å². The summed E-state index contributed by atoms with van der Waals surface area (Å²) in [5, 5.41) is 9.95. The number of aliphatic hydroxyl groups excluding tert-OH is 1. The van der Waals surface area contributed by atoms with Crippen LogP contribution in [0.15, 0.2) is 22.7 Å². The molecule has 19 heavy (non-hydrogen) atoms. The first-order chi connectivity index (χ1) is 8.90. The van der Waals surface area contributed by atoms with Gasteiger partial charge in [0.15, 0.2) is 0 Å². The van der Waals surface area contributed by atoms with E-state index in [9.17, 15) is 5.11 Å². The lowest BCUT2D eigenvalue weighted by atomic mass is 10.0. The fourth-order valence-corrected chi connectivity index (χ4v) is 2.65. The van der Waals surface area contributed by atoms with Crippen molar-refractivity contribution in [3.05, 3.63) is 33.3 Å². The Bertz CT molecular complexity index is 401. The molecule has 3 nitrogen and oxygen atoms in total. The van der Waals surface area contributed by atoms with Crippen molar-refractivity contribution >= 4 is 27.5 Å². The van der Waals surface area contributed by atoms with Crippen LogP contribution in [0.2, 0.25) is 5.02 Å². The molecule has 0 saturated carbocycles. The van der Waals surface area contributed by atoms with Crippen molar-refractivity contribution in [2.45, 2.75) is 31.9 Å². The number of hydrogen-bond donors (Lipinski definition) is 2. The Balaban J connectivity index is 2.44. The third-order valence-electron chi connectivity index (χ3n) is 3.11. The maximum Gasteiger partial charge on any atom is 0.0524 e. The number of halogens is 2. The number of hydrogen-bond acceptors (Lipinski definition) is 3. The van der Waals surface area contributed by atoms with Gasteiger partial charge in [-0.25, -0.2) is 0 Å². The van der Waals surface area contributed by atoms with Crippen molar-refractivity contribution in [3.63, 3.8) is 0 Å². The molecule has 0 aliphatic rings. The van der Waals surface area contributed by atoms with Crippen molar-refractivity contribution in [1.82, 2.24) is 4.90 Å². The van der Waals surface area contributed by atoms with Gasteiger partial charge in [0.05, 0.1) is 6.10 Å². The predicted octanol–water partition coefficient (Wildman–Crippen LogP) is 3.20. The zero-order chi connectivity index (χ0) is 14.4. The number of nitrogens with zero attached hydrogens (tertiary/aromatic N) is 1. The average Bonchev–Trinajstić information content (AvgIpc) is 2.33. The van der Waals surface area contributed by atoms with E-state index in [1.165, 1.54) is 0 Å². The summed E-state index contributed by atoms with van der Waals surface area (Å²) in [4.78, 5) is 2.18. The van der Waals surface area contributed by atoms with E-state index in [0.29, 0.717) is 5.02 Å². The van der Waals surface area contributed by atoms with E-state index in [0.717, 1.165) is 36.0 Å². The Hall–Kier alpha value is -0.130. The van der Waals surface area contributed by atoms with Crippen LogP contribution in [0.4, 0.5) is 0 Å². The first-order valence-electron chi connectivity index (χ1n) is 6.47. The lowest BCUT2D eigenvalue weighted by molar-refractivity contribution is 0.163. The van der Waals surface area contributed by atoms with Gasteiger partial charge in [0.2, 0.25) is 0 Å². The second kappa shape index (κ2) is 8.22. The van der Waals surface area contributed by atoms with Crippen LogP contribution in [0.1, 0.15) is 31.4 Å². The Labute approximate surface area is 128 Å². The van der Waals surface area contributed by atoms with Crippen molar-refractivity contribution in [2.75, 3.05) is 20.1 Å². The van der Waals surface area contributed by atoms with Gasteiger partial charge in [0, 0.05) is 22.1 Å². The van der Waals surface area contributed by atoms with Crippen LogP contribution >= 0.6 is 27.5 Å². The third-order valence-corrected chi connectivity index (χ3v) is 3.93. The molecule has 0 fully saturated rings. The van der Waals surface area contributed by atoms with Gasteiger partial charge in [-0.15, -0.1) is 0 Å². The SMILES string of the molecule is CC(O)CCN(C)CCC(N)c1ccc(Br)cc1Cl. The molecule has 0 saturated heterocycles. The molecule has 0 bridgehead atoms. The standard InChI is InChI=1S/C14H22BrClN2O/c1-10(19)5-7-18(2)8-6-14(17)12-4-3-11(15)9-13(12)16/h3-4,9-10,14,19H,5-8,17H2,1-2H3. The summed E-state index contributed by atoms with van der Waals surface area (Å²) in [5.41, 5.74) is 7.15. The Morgan fingerprint density at radius 2 is 2.00 bits per heavy atom. The van der Waals surface area contributed by atoms with Crippen LogP contribution in [0.25, 0.3) is 0 Å². The van der Waals surface area contributed by atoms with Gasteiger partial charge in [-0.1, -0.05) is 33.6 Å². The first-order valence-corrected chi connectivity index (χ1v) is 7.64. The highest BCUT2D eigenvalue weighted by atomic mass is 79.9. The summed E-state index contributed by atoms with van der Waals surface area (Å²) in [7, 11) is 2.04. The van der Waals surface area contributed by atoms with Gasteiger partial charge >= 0.3 is 0 Å². The van der Waals surface area contributed by atoms with Gasteiger partial charge < -0.3 is 15.7 Å². The molecule has 0 spiro atoms. The lowest BCUT2D eigenvalue weighted by Gasteiger charge is -2.20. The maximum atomic E-state index is 9.25. The largest absolute Gasteiger partial charge is 0.393 e. The molecule has 0 heterocycles. The van der Waals surface area contributed by atoms with Crippen LogP contribution in [0.3, 0.4) is 0 Å². The van der Waals surface area contributed by atoms with Crippen LogP contribution in [0, 0.1) is 0 Å². The first kappa shape index (κ1) is 16.9. The molecule has 3 N–H and O–H groups in total. The van der Waals surface area contributed by atoms with Crippen LogP contribution in [0.5, 0.6) is 0 Å². The molecule has 5 heteroatoms. The van der Waals surface area contributed by atoms with Crippen LogP contribution in [-0.4, -0.2) is 36.2 Å². The highest BCUT2D eigenvalue weighted by Gasteiger charge is 2.11. The number of rotatable bonds is 7. The van der Waals surface area contributed by atoms with Crippen molar-refractivity contribution in [3.8, 4) is 0 Å². The maximum absolute atomic E-state index is 9.25. The van der Waals surface area contributed by atoms with E-state index in [4.69, 9.17) is 17.3 Å². The molecule has 0 aliphatic heterocycles. The Morgan fingerprint density at radius 3 is 2.58 bits per heavy atom. The second-order valence-electron chi connectivity index (χ2n) is 5.00. The number of aliphatic hydroxyl groups is 1. The molecule has 2 unspecified atom stereocenters. The van der Waals surface area contributed by atoms with E-state index in [1.54, 1.807) is 6.92 Å². The fraction of sp³-hybridized carbons (Fsp3) is 0.571. The lowest BCUT2D eigenvalue weighted by Crippen LogP contribution is -2.26. The normalized spacial score (nSPS) is 14.7. The van der Waals surface area contributed by atoms with Crippen molar-refractivity contribution in [2.24, 2.45) is 5.73 Å². The summed E-state index contributed by atoms with van der Waals surface area (Å²) in [5.74, 6) is 0. The highest BCUT2D eigenvalue weighted by molar-refractivity contribution is 9.10. The van der Waals surface area contributed by atoms with Gasteiger partial charge in [-0.2, -0.15) is 0 Å². The average molecular weight is 350 g/mol. The summed E-state index contributed by atoms with van der Waals surface area (Å²) < 4.78 is 0.961. The molecule has 1 rings (SSSR count). The van der Waals surface area contributed by atoms with E-state index >= 15 is 0 Å². The monoisotopic (exact) mass is 348 g/mol. The quantitative estimate of drug-likeness (QED) is 0.795. The minimum atomic E-state index is -0.253. The van der Waals surface area contributed by atoms with Gasteiger partial charge in [0.25, 0.3) is 0 Å². The molecule has 1 aromatic rings. The summed E-state index contributed by atoms with van der Waals surface area (Å²) in [6.45, 7) is 3.57. The molecule has 2 atom stereocenters. The van der Waals surface area contributed by atoms with Crippen molar-refractivity contribution < 1.29 is 5.11 Å². The van der Waals surface area contributed by atoms with Gasteiger partial charge in [-0.05, 0) is 51.1 Å². The molecule has 0 radical (unpaired) electrons. The smallest absolute Gasteiger partial charge is 0.0524 e. The van der Waals surface area contributed by atoms with Crippen LogP contribution in [-0.2, 0) is 0 Å². The minimum absolute atomic E-state index is 0.0606. The van der Waals surface area contributed by atoms with Crippen LogP contribution < -0.4 is 5.73 Å². The molecular formula is C14H22BrClN2O. The molecule has 108 valence electrons. The topological polar surface area (TPSA) is 49.5 Å². The fourth-order valence-electron chi connectivity index (χ4n) is 1.84. The van der Waals surface area contributed by atoms with Gasteiger partial charge in [-0.3, -0.25) is 0 Å². The summed E-state index contributed by atoms with van der Waals surface area (Å²) in [6.07, 6.45) is 1.37. The molecule has 0 aromatic heterocycles. The van der Waals surface area contributed by atoms with Crippen molar-refractivity contribution in [1.29, 1.82) is 0 Å². The van der Waals surface area contributed by atoms with E-state index < -0.39 is 0 Å².